The first-order valence-electron chi connectivity index (χ1n) is 6.81. The Bertz CT molecular complexity index is 455. The number of carbonyl (C=O) groups is 2. The summed E-state index contributed by atoms with van der Waals surface area (Å²) < 4.78 is 0. The van der Waals surface area contributed by atoms with Gasteiger partial charge in [-0.15, -0.1) is 0 Å². The van der Waals surface area contributed by atoms with E-state index in [2.05, 4.69) is 10.6 Å². The minimum absolute atomic E-state index is 0.00598. The molecule has 0 aliphatic rings. The van der Waals surface area contributed by atoms with Crippen molar-refractivity contribution >= 4 is 17.5 Å². The van der Waals surface area contributed by atoms with Crippen LogP contribution in [0.4, 0.5) is 5.69 Å². The summed E-state index contributed by atoms with van der Waals surface area (Å²) in [6, 6.07) is 7.39. The van der Waals surface area contributed by atoms with E-state index in [-0.39, 0.29) is 23.8 Å². The highest BCUT2D eigenvalue weighted by Crippen LogP contribution is 2.11. The van der Waals surface area contributed by atoms with Gasteiger partial charge in [-0.1, -0.05) is 19.1 Å². The molecule has 2 amide bonds. The van der Waals surface area contributed by atoms with Gasteiger partial charge in [0, 0.05) is 24.2 Å². The Kier molecular flexibility index (Phi) is 6.18. The number of hydrogen-bond donors (Lipinski definition) is 3. The van der Waals surface area contributed by atoms with Crippen LogP contribution in [0.5, 0.6) is 0 Å². The van der Waals surface area contributed by atoms with Crippen LogP contribution in [0.15, 0.2) is 24.3 Å². The minimum atomic E-state index is -0.216. The lowest BCUT2D eigenvalue weighted by Gasteiger charge is -2.11. The fraction of sp³-hybridized carbons (Fsp3) is 0.467. The molecule has 0 heterocycles. The predicted octanol–water partition coefficient (Wildman–Crippen LogP) is 1.29. The van der Waals surface area contributed by atoms with Gasteiger partial charge in [0.05, 0.1) is 6.42 Å². The SMILES string of the molecule is CC(C)NC(=O)Cc1ccc(NC(=O)C(C)CN)cc1. The summed E-state index contributed by atoms with van der Waals surface area (Å²) in [5, 5.41) is 5.62. The molecule has 110 valence electrons. The fourth-order valence-electron chi connectivity index (χ4n) is 1.64. The molecule has 0 saturated carbocycles. The highest BCUT2D eigenvalue weighted by molar-refractivity contribution is 5.92. The lowest BCUT2D eigenvalue weighted by molar-refractivity contribution is -0.121. The molecule has 1 aromatic carbocycles. The lowest BCUT2D eigenvalue weighted by atomic mass is 10.1. The highest BCUT2D eigenvalue weighted by atomic mass is 16.2. The first-order chi connectivity index (χ1) is 9.42. The van der Waals surface area contributed by atoms with E-state index in [1.54, 1.807) is 19.1 Å². The smallest absolute Gasteiger partial charge is 0.228 e. The van der Waals surface area contributed by atoms with Crippen LogP contribution in [0, 0.1) is 5.92 Å². The highest BCUT2D eigenvalue weighted by Gasteiger charge is 2.11. The van der Waals surface area contributed by atoms with Crippen molar-refractivity contribution in [3.63, 3.8) is 0 Å². The van der Waals surface area contributed by atoms with Gasteiger partial charge in [0.25, 0.3) is 0 Å². The fourth-order valence-corrected chi connectivity index (χ4v) is 1.64. The summed E-state index contributed by atoms with van der Waals surface area (Å²) in [5.74, 6) is -0.321. The number of benzene rings is 1. The van der Waals surface area contributed by atoms with Gasteiger partial charge in [-0.2, -0.15) is 0 Å². The van der Waals surface area contributed by atoms with Crippen molar-refractivity contribution in [1.82, 2.24) is 5.32 Å². The number of anilines is 1. The van der Waals surface area contributed by atoms with Crippen LogP contribution in [0.1, 0.15) is 26.3 Å². The summed E-state index contributed by atoms with van der Waals surface area (Å²) in [5.41, 5.74) is 7.06. The molecule has 0 saturated heterocycles. The van der Waals surface area contributed by atoms with Crippen molar-refractivity contribution in [1.29, 1.82) is 0 Å². The summed E-state index contributed by atoms with van der Waals surface area (Å²) in [7, 11) is 0. The third-order valence-corrected chi connectivity index (χ3v) is 2.84. The molecule has 0 aromatic heterocycles. The number of amides is 2. The van der Waals surface area contributed by atoms with Gasteiger partial charge in [-0.3, -0.25) is 9.59 Å². The molecule has 0 spiro atoms. The van der Waals surface area contributed by atoms with Gasteiger partial charge in [-0.05, 0) is 31.5 Å². The van der Waals surface area contributed by atoms with Crippen LogP contribution in [0.25, 0.3) is 0 Å². The van der Waals surface area contributed by atoms with Crippen LogP contribution in [-0.4, -0.2) is 24.4 Å². The average molecular weight is 277 g/mol. The molecule has 1 rings (SSSR count). The van der Waals surface area contributed by atoms with Gasteiger partial charge in [0.15, 0.2) is 0 Å². The topological polar surface area (TPSA) is 84.2 Å². The summed E-state index contributed by atoms with van der Waals surface area (Å²) >= 11 is 0. The molecular weight excluding hydrogens is 254 g/mol. The molecule has 0 radical (unpaired) electrons. The van der Waals surface area contributed by atoms with Crippen molar-refractivity contribution in [2.24, 2.45) is 11.7 Å². The Morgan fingerprint density at radius 2 is 1.75 bits per heavy atom. The second-order valence-electron chi connectivity index (χ2n) is 5.22. The molecule has 0 aliphatic carbocycles. The average Bonchev–Trinajstić information content (AvgIpc) is 2.39. The second kappa shape index (κ2) is 7.65. The van der Waals surface area contributed by atoms with Crippen LogP contribution in [0.3, 0.4) is 0 Å². The molecule has 0 bridgehead atoms. The third kappa shape index (κ3) is 5.40. The molecule has 1 atom stereocenters. The van der Waals surface area contributed by atoms with E-state index in [0.717, 1.165) is 5.56 Å². The summed E-state index contributed by atoms with van der Waals surface area (Å²) in [6.07, 6.45) is 0.339. The largest absolute Gasteiger partial charge is 0.354 e. The zero-order chi connectivity index (χ0) is 15.1. The van der Waals surface area contributed by atoms with Crippen molar-refractivity contribution < 1.29 is 9.59 Å². The van der Waals surface area contributed by atoms with Crippen molar-refractivity contribution in [3.05, 3.63) is 29.8 Å². The van der Waals surface area contributed by atoms with E-state index >= 15 is 0 Å². The summed E-state index contributed by atoms with van der Waals surface area (Å²) in [6.45, 7) is 5.95. The maximum Gasteiger partial charge on any atom is 0.228 e. The number of nitrogens with two attached hydrogens (primary N) is 1. The molecular formula is C15H23N3O2. The number of hydrogen-bond acceptors (Lipinski definition) is 3. The first-order valence-corrected chi connectivity index (χ1v) is 6.81. The number of rotatable bonds is 6. The molecule has 5 nitrogen and oxygen atoms in total. The normalized spacial score (nSPS) is 12.1. The number of nitrogens with one attached hydrogen (secondary N) is 2. The van der Waals surface area contributed by atoms with Crippen LogP contribution in [-0.2, 0) is 16.0 Å². The van der Waals surface area contributed by atoms with Gasteiger partial charge in [0.2, 0.25) is 11.8 Å². The van der Waals surface area contributed by atoms with E-state index < -0.39 is 0 Å². The maximum atomic E-state index is 11.7. The van der Waals surface area contributed by atoms with Crippen LogP contribution in [0.2, 0.25) is 0 Å². The van der Waals surface area contributed by atoms with E-state index in [9.17, 15) is 9.59 Å². The predicted molar refractivity (Wildman–Crippen MR) is 80.3 cm³/mol. The third-order valence-electron chi connectivity index (χ3n) is 2.84. The van der Waals surface area contributed by atoms with E-state index in [1.165, 1.54) is 0 Å². The van der Waals surface area contributed by atoms with Gasteiger partial charge in [-0.25, -0.2) is 0 Å². The van der Waals surface area contributed by atoms with Crippen molar-refractivity contribution in [2.45, 2.75) is 33.2 Å². The molecule has 0 fully saturated rings. The Morgan fingerprint density at radius 1 is 1.15 bits per heavy atom. The van der Waals surface area contributed by atoms with Gasteiger partial charge >= 0.3 is 0 Å². The molecule has 1 aromatic rings. The molecule has 0 aliphatic heterocycles. The van der Waals surface area contributed by atoms with Crippen LogP contribution >= 0.6 is 0 Å². The zero-order valence-corrected chi connectivity index (χ0v) is 12.3. The van der Waals surface area contributed by atoms with Crippen molar-refractivity contribution in [3.8, 4) is 0 Å². The quantitative estimate of drug-likeness (QED) is 0.732. The Hall–Kier alpha value is -1.88. The van der Waals surface area contributed by atoms with Gasteiger partial charge in [0.1, 0.15) is 0 Å². The molecule has 5 heteroatoms. The molecule has 4 N–H and O–H groups in total. The lowest BCUT2D eigenvalue weighted by Crippen LogP contribution is -2.31. The zero-order valence-electron chi connectivity index (χ0n) is 12.3. The Balaban J connectivity index is 2.56. The van der Waals surface area contributed by atoms with Crippen LogP contribution < -0.4 is 16.4 Å². The van der Waals surface area contributed by atoms with Crippen molar-refractivity contribution in [2.75, 3.05) is 11.9 Å². The standard InChI is InChI=1S/C15H23N3O2/c1-10(2)17-14(19)8-12-4-6-13(7-5-12)18-15(20)11(3)9-16/h4-7,10-11H,8-9,16H2,1-3H3,(H,17,19)(H,18,20). The van der Waals surface area contributed by atoms with E-state index in [1.807, 2.05) is 26.0 Å². The first kappa shape index (κ1) is 16.2. The molecule has 1 unspecified atom stereocenters. The summed E-state index contributed by atoms with van der Waals surface area (Å²) in [4.78, 5) is 23.3. The molecule has 20 heavy (non-hydrogen) atoms. The van der Waals surface area contributed by atoms with Gasteiger partial charge < -0.3 is 16.4 Å². The minimum Gasteiger partial charge on any atom is -0.354 e. The Morgan fingerprint density at radius 3 is 2.25 bits per heavy atom. The Labute approximate surface area is 119 Å². The monoisotopic (exact) mass is 277 g/mol. The maximum absolute atomic E-state index is 11.7. The van der Waals surface area contributed by atoms with E-state index in [4.69, 9.17) is 5.73 Å². The second-order valence-corrected chi connectivity index (χ2v) is 5.22. The van der Waals surface area contributed by atoms with E-state index in [0.29, 0.717) is 18.7 Å². The number of carbonyl (C=O) groups excluding carboxylic acids is 2.